The number of rotatable bonds is 4. The summed E-state index contributed by atoms with van der Waals surface area (Å²) in [6.07, 6.45) is 0. The number of amides is 1. The van der Waals surface area contributed by atoms with E-state index in [1.807, 2.05) is 30.3 Å². The van der Waals surface area contributed by atoms with E-state index in [1.54, 1.807) is 31.2 Å². The van der Waals surface area contributed by atoms with E-state index < -0.39 is 6.04 Å². The smallest absolute Gasteiger partial charge is 0.246 e. The van der Waals surface area contributed by atoms with E-state index in [2.05, 4.69) is 16.7 Å². The SMILES string of the molecule is C[C@H](Nc1ccccc1)C(=O)Nc1ccccc1C#N. The van der Waals surface area contributed by atoms with Crippen LogP contribution in [-0.4, -0.2) is 11.9 Å². The summed E-state index contributed by atoms with van der Waals surface area (Å²) >= 11 is 0. The molecule has 0 heterocycles. The molecule has 2 N–H and O–H groups in total. The van der Waals surface area contributed by atoms with Gasteiger partial charge in [0.15, 0.2) is 0 Å². The van der Waals surface area contributed by atoms with Crippen LogP contribution in [0, 0.1) is 11.3 Å². The standard InChI is InChI=1S/C16H15N3O/c1-12(18-14-8-3-2-4-9-14)16(20)19-15-10-6-5-7-13(15)11-17/h2-10,12,18H,1H3,(H,19,20)/t12-/m0/s1. The fourth-order valence-corrected chi connectivity index (χ4v) is 1.78. The number of hydrogen-bond acceptors (Lipinski definition) is 3. The molecule has 2 aromatic carbocycles. The molecule has 1 atom stereocenters. The quantitative estimate of drug-likeness (QED) is 0.893. The number of carbonyl (C=O) groups is 1. The number of para-hydroxylation sites is 2. The van der Waals surface area contributed by atoms with Crippen LogP contribution in [0.1, 0.15) is 12.5 Å². The summed E-state index contributed by atoms with van der Waals surface area (Å²) in [7, 11) is 0. The third-order valence-corrected chi connectivity index (χ3v) is 2.86. The lowest BCUT2D eigenvalue weighted by molar-refractivity contribution is -0.116. The van der Waals surface area contributed by atoms with Gasteiger partial charge in [-0.1, -0.05) is 30.3 Å². The number of nitrogens with one attached hydrogen (secondary N) is 2. The van der Waals surface area contributed by atoms with Gasteiger partial charge in [-0.2, -0.15) is 5.26 Å². The molecule has 0 fully saturated rings. The van der Waals surface area contributed by atoms with Gasteiger partial charge in [-0.25, -0.2) is 0 Å². The van der Waals surface area contributed by atoms with E-state index in [1.165, 1.54) is 0 Å². The van der Waals surface area contributed by atoms with E-state index in [0.29, 0.717) is 11.3 Å². The number of nitriles is 1. The van der Waals surface area contributed by atoms with Gasteiger partial charge in [-0.3, -0.25) is 4.79 Å². The van der Waals surface area contributed by atoms with Crippen molar-refractivity contribution in [2.24, 2.45) is 0 Å². The summed E-state index contributed by atoms with van der Waals surface area (Å²) < 4.78 is 0. The van der Waals surface area contributed by atoms with Crippen molar-refractivity contribution in [1.29, 1.82) is 5.26 Å². The Morgan fingerprint density at radius 1 is 1.10 bits per heavy atom. The molecular weight excluding hydrogens is 250 g/mol. The Labute approximate surface area is 118 Å². The zero-order valence-electron chi connectivity index (χ0n) is 11.1. The van der Waals surface area contributed by atoms with Gasteiger partial charge in [0, 0.05) is 5.69 Å². The molecule has 4 nitrogen and oxygen atoms in total. The van der Waals surface area contributed by atoms with E-state index in [4.69, 9.17) is 5.26 Å². The summed E-state index contributed by atoms with van der Waals surface area (Å²) in [5, 5.41) is 14.9. The average Bonchev–Trinajstić information content (AvgIpc) is 2.48. The Bertz CT molecular complexity index is 632. The highest BCUT2D eigenvalue weighted by molar-refractivity contribution is 5.97. The molecule has 100 valence electrons. The Morgan fingerprint density at radius 2 is 1.75 bits per heavy atom. The van der Waals surface area contributed by atoms with Crippen molar-refractivity contribution in [2.45, 2.75) is 13.0 Å². The minimum atomic E-state index is -0.399. The molecule has 0 aromatic heterocycles. The van der Waals surface area contributed by atoms with Gasteiger partial charge in [-0.05, 0) is 31.2 Å². The van der Waals surface area contributed by atoms with Gasteiger partial charge < -0.3 is 10.6 Å². The zero-order chi connectivity index (χ0) is 14.4. The van der Waals surface area contributed by atoms with Crippen LogP contribution in [0.2, 0.25) is 0 Å². The fourth-order valence-electron chi connectivity index (χ4n) is 1.78. The first-order chi connectivity index (χ1) is 9.70. The molecule has 2 aromatic rings. The summed E-state index contributed by atoms with van der Waals surface area (Å²) in [4.78, 5) is 12.1. The van der Waals surface area contributed by atoms with Crippen LogP contribution in [0.4, 0.5) is 11.4 Å². The topological polar surface area (TPSA) is 64.9 Å². The number of nitrogens with zero attached hydrogens (tertiary/aromatic N) is 1. The Balaban J connectivity index is 2.03. The maximum Gasteiger partial charge on any atom is 0.246 e. The van der Waals surface area contributed by atoms with Crippen LogP contribution in [0.3, 0.4) is 0 Å². The third-order valence-electron chi connectivity index (χ3n) is 2.86. The van der Waals surface area contributed by atoms with Gasteiger partial charge >= 0.3 is 0 Å². The van der Waals surface area contributed by atoms with Crippen LogP contribution >= 0.6 is 0 Å². The third kappa shape index (κ3) is 3.36. The van der Waals surface area contributed by atoms with Crippen LogP contribution in [0.5, 0.6) is 0 Å². The van der Waals surface area contributed by atoms with Crippen molar-refractivity contribution < 1.29 is 4.79 Å². The highest BCUT2D eigenvalue weighted by Gasteiger charge is 2.14. The second-order valence-electron chi connectivity index (χ2n) is 4.38. The molecule has 2 rings (SSSR count). The van der Waals surface area contributed by atoms with Crippen LogP contribution in [0.25, 0.3) is 0 Å². The molecule has 0 saturated carbocycles. The number of benzene rings is 2. The monoisotopic (exact) mass is 265 g/mol. The Kier molecular flexibility index (Phi) is 4.35. The molecule has 0 saturated heterocycles. The molecule has 0 radical (unpaired) electrons. The summed E-state index contributed by atoms with van der Waals surface area (Å²) in [5.74, 6) is -0.184. The number of anilines is 2. The second-order valence-corrected chi connectivity index (χ2v) is 4.38. The molecule has 0 aliphatic heterocycles. The molecule has 4 heteroatoms. The van der Waals surface area contributed by atoms with Crippen LogP contribution < -0.4 is 10.6 Å². The van der Waals surface area contributed by atoms with Gasteiger partial charge in [0.1, 0.15) is 12.1 Å². The Hall–Kier alpha value is -2.80. The highest BCUT2D eigenvalue weighted by Crippen LogP contribution is 2.14. The summed E-state index contributed by atoms with van der Waals surface area (Å²) in [6, 6.07) is 18.1. The van der Waals surface area contributed by atoms with Gasteiger partial charge in [-0.15, -0.1) is 0 Å². The lowest BCUT2D eigenvalue weighted by Crippen LogP contribution is -2.32. The molecule has 0 aliphatic carbocycles. The van der Waals surface area contributed by atoms with Crippen LogP contribution in [-0.2, 0) is 4.79 Å². The highest BCUT2D eigenvalue weighted by atomic mass is 16.2. The summed E-state index contributed by atoms with van der Waals surface area (Å²) in [5.41, 5.74) is 1.86. The van der Waals surface area contributed by atoms with Gasteiger partial charge in [0.05, 0.1) is 11.3 Å². The maximum atomic E-state index is 12.1. The molecule has 1 amide bonds. The van der Waals surface area contributed by atoms with Crippen molar-refractivity contribution in [3.05, 3.63) is 60.2 Å². The molecule has 0 aliphatic rings. The Morgan fingerprint density at radius 3 is 2.45 bits per heavy atom. The zero-order valence-corrected chi connectivity index (χ0v) is 11.1. The largest absolute Gasteiger partial charge is 0.374 e. The first-order valence-electron chi connectivity index (χ1n) is 6.32. The van der Waals surface area contributed by atoms with Gasteiger partial charge in [0.2, 0.25) is 5.91 Å². The maximum absolute atomic E-state index is 12.1. The van der Waals surface area contributed by atoms with E-state index in [-0.39, 0.29) is 5.91 Å². The van der Waals surface area contributed by atoms with Crippen LogP contribution in [0.15, 0.2) is 54.6 Å². The van der Waals surface area contributed by atoms with Crippen molar-refractivity contribution in [3.8, 4) is 6.07 Å². The molecule has 0 spiro atoms. The fraction of sp³-hybridized carbons (Fsp3) is 0.125. The lowest BCUT2D eigenvalue weighted by Gasteiger charge is -2.15. The number of carbonyl (C=O) groups excluding carboxylic acids is 1. The first kappa shape index (κ1) is 13.6. The van der Waals surface area contributed by atoms with Crippen molar-refractivity contribution in [1.82, 2.24) is 0 Å². The van der Waals surface area contributed by atoms with E-state index in [0.717, 1.165) is 5.69 Å². The average molecular weight is 265 g/mol. The second kappa shape index (κ2) is 6.39. The number of hydrogen-bond donors (Lipinski definition) is 2. The van der Waals surface area contributed by atoms with Crippen molar-refractivity contribution >= 4 is 17.3 Å². The predicted octanol–water partition coefficient (Wildman–Crippen LogP) is 3.00. The van der Waals surface area contributed by atoms with Crippen molar-refractivity contribution in [2.75, 3.05) is 10.6 Å². The van der Waals surface area contributed by atoms with Crippen molar-refractivity contribution in [3.63, 3.8) is 0 Å². The molecule has 20 heavy (non-hydrogen) atoms. The normalized spacial score (nSPS) is 11.2. The molecule has 0 unspecified atom stereocenters. The lowest BCUT2D eigenvalue weighted by atomic mass is 10.2. The minimum Gasteiger partial charge on any atom is -0.374 e. The van der Waals surface area contributed by atoms with E-state index in [9.17, 15) is 4.79 Å². The van der Waals surface area contributed by atoms with E-state index >= 15 is 0 Å². The predicted molar refractivity (Wildman–Crippen MR) is 79.3 cm³/mol. The first-order valence-corrected chi connectivity index (χ1v) is 6.32. The van der Waals surface area contributed by atoms with Gasteiger partial charge in [0.25, 0.3) is 0 Å². The summed E-state index contributed by atoms with van der Waals surface area (Å²) in [6.45, 7) is 1.78. The minimum absolute atomic E-state index is 0.184. The molecule has 0 bridgehead atoms. The molecular formula is C16H15N3O.